The second-order valence-corrected chi connectivity index (χ2v) is 5.74. The van der Waals surface area contributed by atoms with Gasteiger partial charge in [0, 0.05) is 26.2 Å². The third kappa shape index (κ3) is 4.23. The van der Waals surface area contributed by atoms with Gasteiger partial charge in [0.2, 0.25) is 0 Å². The maximum absolute atomic E-state index is 11.7. The molecular formula is C15H19N3O4S. The zero-order valence-corrected chi connectivity index (χ0v) is 13.9. The molecule has 124 valence electrons. The molecule has 0 aliphatic carbocycles. The summed E-state index contributed by atoms with van der Waals surface area (Å²) in [5.41, 5.74) is 1.25. The molecule has 7 nitrogen and oxygen atoms in total. The molecule has 1 N–H and O–H groups in total. The molecular weight excluding hydrogens is 318 g/mol. The largest absolute Gasteiger partial charge is 0.378 e. The fraction of sp³-hybridized carbons (Fsp3) is 0.400. The summed E-state index contributed by atoms with van der Waals surface area (Å²) in [5.74, 6) is -0.211. The standard InChI is InChI=1S/C15H19N3O4S/c1-16-15(19)14(23-2)10-11-3-4-12(13(9-11)18(20)21)17-5-7-22-8-6-17/h3-4,9-10H,5-8H2,1-2H3,(H,16,19)/b14-10-. The molecule has 0 radical (unpaired) electrons. The molecule has 1 fully saturated rings. The van der Waals surface area contributed by atoms with Crippen LogP contribution in [0.4, 0.5) is 11.4 Å². The minimum atomic E-state index is -0.388. The lowest BCUT2D eigenvalue weighted by atomic mass is 10.1. The number of hydrogen-bond acceptors (Lipinski definition) is 6. The Morgan fingerprint density at radius 2 is 2.13 bits per heavy atom. The molecule has 1 aliphatic heterocycles. The third-order valence-corrected chi connectivity index (χ3v) is 4.26. The molecule has 0 bridgehead atoms. The molecule has 1 aromatic rings. The highest BCUT2D eigenvalue weighted by molar-refractivity contribution is 8.03. The number of carbonyl (C=O) groups is 1. The van der Waals surface area contributed by atoms with Gasteiger partial charge in [0.1, 0.15) is 5.69 Å². The predicted octanol–water partition coefficient (Wildman–Crippen LogP) is 1.88. The number of thioether (sulfide) groups is 1. The van der Waals surface area contributed by atoms with Crippen LogP contribution in [-0.2, 0) is 9.53 Å². The Kier molecular flexibility index (Phi) is 6.00. The third-order valence-electron chi connectivity index (χ3n) is 3.52. The van der Waals surface area contributed by atoms with E-state index in [2.05, 4.69) is 5.32 Å². The minimum absolute atomic E-state index is 0.0398. The molecule has 8 heteroatoms. The van der Waals surface area contributed by atoms with Crippen molar-refractivity contribution in [2.75, 3.05) is 44.5 Å². The number of benzene rings is 1. The molecule has 23 heavy (non-hydrogen) atoms. The zero-order chi connectivity index (χ0) is 16.8. The lowest BCUT2D eigenvalue weighted by Crippen LogP contribution is -2.36. The summed E-state index contributed by atoms with van der Waals surface area (Å²) in [4.78, 5) is 25.2. The first-order chi connectivity index (χ1) is 11.1. The van der Waals surface area contributed by atoms with Crippen molar-refractivity contribution < 1.29 is 14.5 Å². The second kappa shape index (κ2) is 7.98. The molecule has 0 aromatic heterocycles. The number of nitrogens with one attached hydrogen (secondary N) is 1. The molecule has 2 rings (SSSR count). The number of nitrogens with zero attached hydrogens (tertiary/aromatic N) is 2. The van der Waals surface area contributed by atoms with Gasteiger partial charge in [-0.15, -0.1) is 11.8 Å². The summed E-state index contributed by atoms with van der Waals surface area (Å²) in [5, 5.41) is 14.0. The van der Waals surface area contributed by atoms with Crippen LogP contribution in [0.3, 0.4) is 0 Å². The fourth-order valence-electron chi connectivity index (χ4n) is 2.34. The number of hydrogen-bond donors (Lipinski definition) is 1. The van der Waals surface area contributed by atoms with E-state index in [0.717, 1.165) is 0 Å². The highest BCUT2D eigenvalue weighted by Gasteiger charge is 2.21. The summed E-state index contributed by atoms with van der Waals surface area (Å²) < 4.78 is 5.28. The Morgan fingerprint density at radius 1 is 1.43 bits per heavy atom. The molecule has 1 aliphatic rings. The number of carbonyl (C=O) groups excluding carboxylic acids is 1. The van der Waals surface area contributed by atoms with Gasteiger partial charge in [-0.3, -0.25) is 14.9 Å². The second-order valence-electron chi connectivity index (χ2n) is 4.90. The highest BCUT2D eigenvalue weighted by Crippen LogP contribution is 2.31. The van der Waals surface area contributed by atoms with Crippen LogP contribution in [0.2, 0.25) is 0 Å². The van der Waals surface area contributed by atoms with Crippen molar-refractivity contribution in [2.45, 2.75) is 0 Å². The molecule has 0 saturated carbocycles. The van der Waals surface area contributed by atoms with Gasteiger partial charge in [-0.25, -0.2) is 0 Å². The van der Waals surface area contributed by atoms with E-state index >= 15 is 0 Å². The molecule has 0 unspecified atom stereocenters. The molecule has 0 atom stereocenters. The van der Waals surface area contributed by atoms with E-state index in [4.69, 9.17) is 4.74 Å². The quantitative estimate of drug-likeness (QED) is 0.502. The predicted molar refractivity (Wildman–Crippen MR) is 91.7 cm³/mol. The van der Waals surface area contributed by atoms with Crippen LogP contribution in [0.15, 0.2) is 23.1 Å². The number of amides is 1. The van der Waals surface area contributed by atoms with E-state index in [-0.39, 0.29) is 16.5 Å². The van der Waals surface area contributed by atoms with Crippen molar-refractivity contribution in [3.63, 3.8) is 0 Å². The Hall–Kier alpha value is -2.06. The number of ether oxygens (including phenoxy) is 1. The van der Waals surface area contributed by atoms with Gasteiger partial charge >= 0.3 is 0 Å². The highest BCUT2D eigenvalue weighted by atomic mass is 32.2. The monoisotopic (exact) mass is 337 g/mol. The molecule has 1 aromatic carbocycles. The Labute approximate surface area is 138 Å². The van der Waals surface area contributed by atoms with Crippen LogP contribution in [0, 0.1) is 10.1 Å². The van der Waals surface area contributed by atoms with E-state index in [0.29, 0.717) is 42.5 Å². The first kappa shape index (κ1) is 17.3. The van der Waals surface area contributed by atoms with Crippen molar-refractivity contribution in [1.82, 2.24) is 5.32 Å². The summed E-state index contributed by atoms with van der Waals surface area (Å²) in [6.45, 7) is 2.38. The van der Waals surface area contributed by atoms with Gasteiger partial charge in [0.15, 0.2) is 0 Å². The molecule has 0 spiro atoms. The zero-order valence-electron chi connectivity index (χ0n) is 13.1. The van der Waals surface area contributed by atoms with Crippen LogP contribution in [0.1, 0.15) is 5.56 Å². The molecule has 1 heterocycles. The summed E-state index contributed by atoms with van der Waals surface area (Å²) in [6.07, 6.45) is 3.44. The van der Waals surface area contributed by atoms with Gasteiger partial charge < -0.3 is 15.0 Å². The number of rotatable bonds is 5. The van der Waals surface area contributed by atoms with Crippen LogP contribution in [0.5, 0.6) is 0 Å². The van der Waals surface area contributed by atoms with Crippen molar-refractivity contribution in [3.8, 4) is 0 Å². The van der Waals surface area contributed by atoms with Crippen molar-refractivity contribution in [3.05, 3.63) is 38.8 Å². The van der Waals surface area contributed by atoms with Crippen LogP contribution in [0.25, 0.3) is 6.08 Å². The Morgan fingerprint density at radius 3 is 2.70 bits per heavy atom. The number of likely N-dealkylation sites (N-methyl/N-ethyl adjacent to an activating group) is 1. The smallest absolute Gasteiger partial charge is 0.293 e. The first-order valence-corrected chi connectivity index (χ1v) is 8.38. The van der Waals surface area contributed by atoms with E-state index in [9.17, 15) is 14.9 Å². The number of anilines is 1. The van der Waals surface area contributed by atoms with Crippen LogP contribution < -0.4 is 10.2 Å². The van der Waals surface area contributed by atoms with Crippen LogP contribution in [-0.4, -0.2) is 50.4 Å². The number of morpholine rings is 1. The lowest BCUT2D eigenvalue weighted by molar-refractivity contribution is -0.384. The number of nitro groups is 1. The maximum atomic E-state index is 11.7. The van der Waals surface area contributed by atoms with E-state index in [1.807, 2.05) is 4.90 Å². The average molecular weight is 337 g/mol. The van der Waals surface area contributed by atoms with Gasteiger partial charge in [-0.1, -0.05) is 6.07 Å². The molecule has 1 amide bonds. The minimum Gasteiger partial charge on any atom is -0.378 e. The Balaban J connectivity index is 2.37. The average Bonchev–Trinajstić information content (AvgIpc) is 2.59. The van der Waals surface area contributed by atoms with Gasteiger partial charge in [-0.05, 0) is 24.0 Å². The van der Waals surface area contributed by atoms with Gasteiger partial charge in [0.25, 0.3) is 11.6 Å². The van der Waals surface area contributed by atoms with Crippen molar-refractivity contribution >= 4 is 35.1 Å². The summed E-state index contributed by atoms with van der Waals surface area (Å²) >= 11 is 1.30. The molecule has 1 saturated heterocycles. The fourth-order valence-corrected chi connectivity index (χ4v) is 2.88. The SMILES string of the molecule is CNC(=O)/C(=C/c1ccc(N2CCOCC2)c([N+](=O)[O-])c1)SC. The lowest BCUT2D eigenvalue weighted by Gasteiger charge is -2.28. The van der Waals surface area contributed by atoms with E-state index in [1.54, 1.807) is 31.5 Å². The van der Waals surface area contributed by atoms with Crippen molar-refractivity contribution in [2.24, 2.45) is 0 Å². The summed E-state index contributed by atoms with van der Waals surface area (Å²) in [7, 11) is 1.55. The first-order valence-electron chi connectivity index (χ1n) is 7.15. The topological polar surface area (TPSA) is 84.7 Å². The van der Waals surface area contributed by atoms with E-state index < -0.39 is 0 Å². The van der Waals surface area contributed by atoms with Crippen molar-refractivity contribution in [1.29, 1.82) is 0 Å². The van der Waals surface area contributed by atoms with E-state index in [1.165, 1.54) is 17.8 Å². The van der Waals surface area contributed by atoms with Crippen LogP contribution >= 0.6 is 11.8 Å². The number of nitro benzene ring substituents is 1. The normalized spacial score (nSPS) is 15.4. The van der Waals surface area contributed by atoms with Gasteiger partial charge in [-0.2, -0.15) is 0 Å². The Bertz CT molecular complexity index is 627. The maximum Gasteiger partial charge on any atom is 0.293 e. The van der Waals surface area contributed by atoms with Gasteiger partial charge in [0.05, 0.1) is 23.0 Å². The summed E-state index contributed by atoms with van der Waals surface area (Å²) in [6, 6.07) is 5.03.